The van der Waals surface area contributed by atoms with E-state index in [4.69, 9.17) is 0 Å². The summed E-state index contributed by atoms with van der Waals surface area (Å²) in [6.07, 6.45) is 0. The van der Waals surface area contributed by atoms with E-state index in [0.29, 0.717) is 0 Å². The first-order valence-electron chi connectivity index (χ1n) is 11.2. The Labute approximate surface area is 177 Å². The van der Waals surface area contributed by atoms with E-state index in [0.717, 1.165) is 0 Å². The van der Waals surface area contributed by atoms with Crippen molar-refractivity contribution in [1.82, 2.24) is 0 Å². The minimum Gasteiger partial charge on any atom is -0.0683 e. The lowest BCUT2D eigenvalue weighted by Crippen LogP contribution is -2.14. The second-order valence-electron chi connectivity index (χ2n) is 7.04. The van der Waals surface area contributed by atoms with Crippen LogP contribution in [-0.4, -0.2) is 0 Å². The molecule has 0 unspecified atom stereocenters. The monoisotopic (exact) mass is 384 g/mol. The first-order chi connectivity index (χ1) is 14.2. The van der Waals surface area contributed by atoms with Gasteiger partial charge < -0.3 is 0 Å². The van der Waals surface area contributed by atoms with E-state index in [-0.39, 0.29) is 5.41 Å². The second-order valence-corrected chi connectivity index (χ2v) is 7.04. The van der Waals surface area contributed by atoms with E-state index in [1.807, 2.05) is 41.5 Å². The molecule has 4 aromatic rings. The molecule has 4 aromatic carbocycles. The highest BCUT2D eigenvalue weighted by atomic mass is 14.4. The van der Waals surface area contributed by atoms with Gasteiger partial charge in [-0.2, -0.15) is 0 Å². The molecule has 29 heavy (non-hydrogen) atoms. The Morgan fingerprint density at radius 2 is 0.793 bits per heavy atom. The SMILES string of the molecule is CC.CC.CC.CC1(C)c2ccc3ccccc3c2-c2c1ccc1ccccc21. The maximum absolute atomic E-state index is 2.35. The average Bonchev–Trinajstić information content (AvgIpc) is 3.05. The summed E-state index contributed by atoms with van der Waals surface area (Å²) in [4.78, 5) is 0. The highest BCUT2D eigenvalue weighted by molar-refractivity contribution is 6.10. The van der Waals surface area contributed by atoms with Gasteiger partial charge in [-0.1, -0.05) is 128 Å². The summed E-state index contributed by atoms with van der Waals surface area (Å²) in [5.74, 6) is 0. The van der Waals surface area contributed by atoms with E-state index in [2.05, 4.69) is 86.6 Å². The fraction of sp³-hybridized carbons (Fsp3) is 0.310. The highest BCUT2D eigenvalue weighted by Gasteiger charge is 2.37. The van der Waals surface area contributed by atoms with Crippen LogP contribution in [0.15, 0.2) is 72.8 Å². The lowest BCUT2D eigenvalue weighted by atomic mass is 9.82. The van der Waals surface area contributed by atoms with Crippen molar-refractivity contribution < 1.29 is 0 Å². The summed E-state index contributed by atoms with van der Waals surface area (Å²) >= 11 is 0. The maximum Gasteiger partial charge on any atom is 0.0159 e. The van der Waals surface area contributed by atoms with Crippen LogP contribution in [0.2, 0.25) is 0 Å². The summed E-state index contributed by atoms with van der Waals surface area (Å²) < 4.78 is 0. The Morgan fingerprint density at radius 1 is 0.448 bits per heavy atom. The van der Waals surface area contributed by atoms with E-state index >= 15 is 0 Å². The smallest absolute Gasteiger partial charge is 0.0159 e. The van der Waals surface area contributed by atoms with Gasteiger partial charge in [0.15, 0.2) is 0 Å². The molecule has 0 amide bonds. The van der Waals surface area contributed by atoms with Crippen LogP contribution in [0, 0.1) is 0 Å². The molecule has 0 atom stereocenters. The summed E-state index contributed by atoms with van der Waals surface area (Å²) in [7, 11) is 0. The molecule has 0 saturated carbocycles. The van der Waals surface area contributed by atoms with Crippen molar-refractivity contribution in [2.45, 2.75) is 60.8 Å². The predicted molar refractivity (Wildman–Crippen MR) is 133 cm³/mol. The predicted octanol–water partition coefficient (Wildman–Crippen LogP) is 9.38. The Balaban J connectivity index is 0.000000461. The molecule has 0 saturated heterocycles. The van der Waals surface area contributed by atoms with Gasteiger partial charge in [0.2, 0.25) is 0 Å². The van der Waals surface area contributed by atoms with Crippen LogP contribution in [0.3, 0.4) is 0 Å². The summed E-state index contributed by atoms with van der Waals surface area (Å²) in [6, 6.07) is 26.7. The quantitative estimate of drug-likeness (QED) is 0.283. The van der Waals surface area contributed by atoms with E-state index in [1.54, 1.807) is 0 Å². The van der Waals surface area contributed by atoms with Gasteiger partial charge in [-0.3, -0.25) is 0 Å². The number of fused-ring (bicyclic) bond motifs is 7. The van der Waals surface area contributed by atoms with Gasteiger partial charge in [-0.05, 0) is 43.8 Å². The van der Waals surface area contributed by atoms with Crippen LogP contribution in [0.5, 0.6) is 0 Å². The van der Waals surface area contributed by atoms with Crippen LogP contribution in [-0.2, 0) is 5.41 Å². The van der Waals surface area contributed by atoms with Gasteiger partial charge in [0, 0.05) is 5.41 Å². The highest BCUT2D eigenvalue weighted by Crippen LogP contribution is 2.53. The van der Waals surface area contributed by atoms with Crippen molar-refractivity contribution in [3.8, 4) is 11.1 Å². The fourth-order valence-corrected chi connectivity index (χ4v) is 4.27. The molecule has 0 N–H and O–H groups in total. The molecular formula is C29H36. The first kappa shape index (κ1) is 22.7. The fourth-order valence-electron chi connectivity index (χ4n) is 4.27. The molecule has 5 rings (SSSR count). The van der Waals surface area contributed by atoms with Crippen LogP contribution >= 0.6 is 0 Å². The lowest BCUT2D eigenvalue weighted by molar-refractivity contribution is 0.661. The van der Waals surface area contributed by atoms with Crippen LogP contribution in [0.4, 0.5) is 0 Å². The molecule has 0 radical (unpaired) electrons. The van der Waals surface area contributed by atoms with Crippen molar-refractivity contribution in [1.29, 1.82) is 0 Å². The topological polar surface area (TPSA) is 0 Å². The number of benzene rings is 4. The zero-order valence-corrected chi connectivity index (χ0v) is 19.4. The Morgan fingerprint density at radius 3 is 1.17 bits per heavy atom. The third-order valence-corrected chi connectivity index (χ3v) is 5.45. The number of hydrogen-bond donors (Lipinski definition) is 0. The Bertz CT molecular complexity index is 996. The molecule has 0 heterocycles. The lowest BCUT2D eigenvalue weighted by Gasteiger charge is -2.21. The number of rotatable bonds is 0. The zero-order valence-electron chi connectivity index (χ0n) is 19.4. The van der Waals surface area contributed by atoms with Crippen molar-refractivity contribution in [3.63, 3.8) is 0 Å². The van der Waals surface area contributed by atoms with Crippen LogP contribution in [0.25, 0.3) is 32.7 Å². The van der Waals surface area contributed by atoms with Gasteiger partial charge in [-0.15, -0.1) is 0 Å². The molecule has 0 bridgehead atoms. The second kappa shape index (κ2) is 9.74. The number of hydrogen-bond acceptors (Lipinski definition) is 0. The maximum atomic E-state index is 2.35. The molecule has 0 nitrogen and oxygen atoms in total. The largest absolute Gasteiger partial charge is 0.0683 e. The molecule has 0 heteroatoms. The van der Waals surface area contributed by atoms with E-state index in [9.17, 15) is 0 Å². The third-order valence-electron chi connectivity index (χ3n) is 5.45. The van der Waals surface area contributed by atoms with Crippen LogP contribution in [0.1, 0.15) is 66.5 Å². The summed E-state index contributed by atoms with van der Waals surface area (Å²) in [5.41, 5.74) is 5.81. The molecule has 0 aromatic heterocycles. The molecule has 1 aliphatic rings. The Kier molecular flexibility index (Phi) is 7.62. The van der Waals surface area contributed by atoms with Crippen molar-refractivity contribution in [2.24, 2.45) is 0 Å². The van der Waals surface area contributed by atoms with Crippen molar-refractivity contribution in [2.75, 3.05) is 0 Å². The van der Waals surface area contributed by atoms with Gasteiger partial charge in [0.1, 0.15) is 0 Å². The first-order valence-corrected chi connectivity index (χ1v) is 11.2. The van der Waals surface area contributed by atoms with Gasteiger partial charge in [0.05, 0.1) is 0 Å². The molecule has 0 spiro atoms. The van der Waals surface area contributed by atoms with Gasteiger partial charge >= 0.3 is 0 Å². The van der Waals surface area contributed by atoms with Crippen molar-refractivity contribution in [3.05, 3.63) is 83.9 Å². The zero-order chi connectivity index (χ0) is 21.6. The van der Waals surface area contributed by atoms with E-state index < -0.39 is 0 Å². The molecular weight excluding hydrogens is 348 g/mol. The van der Waals surface area contributed by atoms with Gasteiger partial charge in [-0.25, -0.2) is 0 Å². The van der Waals surface area contributed by atoms with E-state index in [1.165, 1.54) is 43.8 Å². The van der Waals surface area contributed by atoms with Crippen molar-refractivity contribution >= 4 is 21.5 Å². The Hall–Kier alpha value is -2.60. The summed E-state index contributed by atoms with van der Waals surface area (Å²) in [6.45, 7) is 16.7. The average molecular weight is 385 g/mol. The third kappa shape index (κ3) is 3.69. The normalized spacial score (nSPS) is 12.4. The molecule has 0 fully saturated rings. The minimum atomic E-state index is 0.0543. The standard InChI is InChI=1S/C23H18.3C2H6/c1-23(2)19-13-11-15-7-3-5-9-17(15)21(19)22-18-10-6-4-8-16(18)12-14-20(22)23;3*1-2/h3-14H,1-2H3;3*1-2H3. The summed E-state index contributed by atoms with van der Waals surface area (Å²) in [5, 5.41) is 5.38. The van der Waals surface area contributed by atoms with Gasteiger partial charge in [0.25, 0.3) is 0 Å². The molecule has 0 aliphatic heterocycles. The molecule has 152 valence electrons. The van der Waals surface area contributed by atoms with Crippen LogP contribution < -0.4 is 0 Å². The molecule has 1 aliphatic carbocycles. The minimum absolute atomic E-state index is 0.0543.